The van der Waals surface area contributed by atoms with Crippen LogP contribution in [0, 0.1) is 18.7 Å². The van der Waals surface area contributed by atoms with E-state index < -0.39 is 90.3 Å². The smallest absolute Gasteiger partial charge is 0.343 e. The minimum atomic E-state index is -2.05. The number of amides is 8. The zero-order valence-corrected chi connectivity index (χ0v) is 43.4. The zero-order valence-electron chi connectivity index (χ0n) is 43.4. The molecule has 3 aliphatic heterocycles. The Hall–Kier alpha value is -7.92. The van der Waals surface area contributed by atoms with E-state index in [1.165, 1.54) is 15.5 Å². The van der Waals surface area contributed by atoms with Crippen LogP contribution in [0.2, 0.25) is 0 Å². The minimum Gasteiger partial charge on any atom is -0.458 e. The van der Waals surface area contributed by atoms with Crippen molar-refractivity contribution < 1.29 is 62.1 Å². The summed E-state index contributed by atoms with van der Waals surface area (Å²) in [4.78, 5) is 135. The fraction of sp³-hybridized carbons (Fsp3) is 0.473. The summed E-state index contributed by atoms with van der Waals surface area (Å²) < 4.78 is 28.3. The fourth-order valence-electron chi connectivity index (χ4n) is 10.8. The van der Waals surface area contributed by atoms with E-state index in [0.717, 1.165) is 5.56 Å². The van der Waals surface area contributed by atoms with Crippen LogP contribution in [0.25, 0.3) is 22.3 Å². The van der Waals surface area contributed by atoms with E-state index in [-0.39, 0.29) is 86.8 Å². The summed E-state index contributed by atoms with van der Waals surface area (Å²) in [7, 11) is 0. The maximum atomic E-state index is 15.5. The van der Waals surface area contributed by atoms with Gasteiger partial charge in [-0.1, -0.05) is 43.7 Å². The molecule has 0 unspecified atom stereocenters. The van der Waals surface area contributed by atoms with Gasteiger partial charge in [-0.15, -0.1) is 0 Å². The van der Waals surface area contributed by atoms with Crippen LogP contribution in [-0.4, -0.2) is 118 Å². The lowest BCUT2D eigenvalue weighted by atomic mass is 9.81. The molecule has 4 aromatic rings. The SMILES string of the molecule is CC[C@@]1(O)C(=O)OCc2c1cc1n(c2=O)Cc2c-1nc1cc(F)c(C)c3c1c2[C@@H](NC(=O)[C@H](OCNC(=O)CNC(=O)[C@H](Cc1ccccc1)NC(=O)CNC(=O)CNC(=O)CCCCCN1C(=O)CCC1=O)C1CC1)CC3. The third-order valence-corrected chi connectivity index (χ3v) is 15.2. The highest BCUT2D eigenvalue weighted by Crippen LogP contribution is 2.46. The number of unbranched alkanes of at least 4 members (excludes halogenated alkanes) is 2. The van der Waals surface area contributed by atoms with Crippen LogP contribution in [0.5, 0.6) is 0 Å². The van der Waals surface area contributed by atoms with Crippen LogP contribution in [0.15, 0.2) is 47.3 Å². The van der Waals surface area contributed by atoms with Crippen molar-refractivity contribution in [3.63, 3.8) is 0 Å². The van der Waals surface area contributed by atoms with E-state index in [1.54, 1.807) is 50.2 Å². The summed E-state index contributed by atoms with van der Waals surface area (Å²) in [5.74, 6) is -5.40. The van der Waals surface area contributed by atoms with Gasteiger partial charge in [0.2, 0.25) is 47.3 Å². The first-order chi connectivity index (χ1) is 37.4. The van der Waals surface area contributed by atoms with Crippen LogP contribution >= 0.6 is 0 Å². The second-order valence-electron chi connectivity index (χ2n) is 20.4. The molecular formula is C55H62FN9O13. The Morgan fingerprint density at radius 3 is 2.27 bits per heavy atom. The summed E-state index contributed by atoms with van der Waals surface area (Å²) in [6.45, 7) is 1.53. The summed E-state index contributed by atoms with van der Waals surface area (Å²) >= 11 is 0. The number of likely N-dealkylation sites (tertiary alicyclic amines) is 1. The monoisotopic (exact) mass is 1080 g/mol. The first-order valence-corrected chi connectivity index (χ1v) is 26.4. The second-order valence-corrected chi connectivity index (χ2v) is 20.4. The van der Waals surface area contributed by atoms with E-state index in [4.69, 9.17) is 14.5 Å². The number of ether oxygens (including phenoxy) is 2. The lowest BCUT2D eigenvalue weighted by Crippen LogP contribution is -2.52. The van der Waals surface area contributed by atoms with Gasteiger partial charge in [0.1, 0.15) is 31.3 Å². The lowest BCUT2D eigenvalue weighted by molar-refractivity contribution is -0.172. The van der Waals surface area contributed by atoms with Gasteiger partial charge in [-0.2, -0.15) is 0 Å². The Morgan fingerprint density at radius 1 is 0.833 bits per heavy atom. The van der Waals surface area contributed by atoms with Gasteiger partial charge >= 0.3 is 5.97 Å². The normalized spacial score (nSPS) is 18.7. The minimum absolute atomic E-state index is 0.0427. The first-order valence-electron chi connectivity index (χ1n) is 26.4. The molecule has 5 aliphatic rings. The van der Waals surface area contributed by atoms with Crippen molar-refractivity contribution in [1.29, 1.82) is 0 Å². The highest BCUT2D eigenvalue weighted by atomic mass is 19.1. The predicted octanol–water partition coefficient (Wildman–Crippen LogP) is 1.29. The third-order valence-electron chi connectivity index (χ3n) is 15.2. The van der Waals surface area contributed by atoms with Crippen LogP contribution in [-0.2, 0) is 84.2 Å². The number of rotatable bonds is 23. The molecule has 2 aromatic carbocycles. The molecular weight excluding hydrogens is 1010 g/mol. The van der Waals surface area contributed by atoms with E-state index in [1.807, 2.05) is 0 Å². The summed E-state index contributed by atoms with van der Waals surface area (Å²) in [6, 6.07) is 9.93. The zero-order chi connectivity index (χ0) is 55.4. The van der Waals surface area contributed by atoms with Crippen LogP contribution < -0.4 is 37.5 Å². The molecule has 1 saturated heterocycles. The Labute approximate surface area is 446 Å². The molecule has 2 fully saturated rings. The summed E-state index contributed by atoms with van der Waals surface area (Å²) in [5.41, 5.74) is 1.97. The van der Waals surface area contributed by atoms with Gasteiger partial charge in [-0.3, -0.25) is 48.1 Å². The van der Waals surface area contributed by atoms with Crippen molar-refractivity contribution >= 4 is 64.1 Å². The molecule has 23 heteroatoms. The number of pyridine rings is 2. The molecule has 9 rings (SSSR count). The second kappa shape index (κ2) is 23.4. The van der Waals surface area contributed by atoms with Gasteiger partial charge in [-0.05, 0) is 86.1 Å². The number of aliphatic hydroxyl groups is 1. The summed E-state index contributed by atoms with van der Waals surface area (Å²) in [5, 5.41) is 27.9. The molecule has 8 amide bonds. The number of imide groups is 1. The number of aromatic nitrogens is 2. The average Bonchev–Trinajstić information content (AvgIpc) is 4.32. The first kappa shape index (κ1) is 54.9. The number of cyclic esters (lactones) is 1. The Morgan fingerprint density at radius 2 is 1.54 bits per heavy atom. The number of halogens is 1. The lowest BCUT2D eigenvalue weighted by Gasteiger charge is -2.31. The predicted molar refractivity (Wildman–Crippen MR) is 275 cm³/mol. The number of esters is 1. The summed E-state index contributed by atoms with van der Waals surface area (Å²) in [6.07, 6.45) is 3.39. The van der Waals surface area contributed by atoms with Gasteiger partial charge in [0.05, 0.1) is 54.7 Å². The molecule has 2 aromatic heterocycles. The van der Waals surface area contributed by atoms with Gasteiger partial charge < -0.3 is 51.0 Å². The van der Waals surface area contributed by atoms with Crippen molar-refractivity contribution in [2.45, 2.75) is 128 Å². The van der Waals surface area contributed by atoms with E-state index in [9.17, 15) is 53.1 Å². The topological polar surface area (TPSA) is 303 Å². The van der Waals surface area contributed by atoms with E-state index in [2.05, 4.69) is 31.9 Å². The van der Waals surface area contributed by atoms with Crippen molar-refractivity contribution in [1.82, 2.24) is 46.4 Å². The number of carbonyl (C=O) groups excluding carboxylic acids is 9. The van der Waals surface area contributed by atoms with Gasteiger partial charge in [-0.25, -0.2) is 14.2 Å². The van der Waals surface area contributed by atoms with E-state index in [0.29, 0.717) is 96.0 Å². The molecule has 4 atom stereocenters. The van der Waals surface area contributed by atoms with Crippen molar-refractivity contribution in [2.75, 3.05) is 32.9 Å². The number of fused-ring (bicyclic) bond motifs is 5. The number of nitrogens with zero attached hydrogens (tertiary/aromatic N) is 3. The van der Waals surface area contributed by atoms with Crippen LogP contribution in [0.3, 0.4) is 0 Å². The molecule has 412 valence electrons. The Balaban J connectivity index is 0.777. The Kier molecular flexibility index (Phi) is 16.4. The number of benzene rings is 2. The molecule has 22 nitrogen and oxygen atoms in total. The number of hydrogen-bond acceptors (Lipinski definition) is 14. The fourth-order valence-corrected chi connectivity index (χ4v) is 10.8. The quantitative estimate of drug-likeness (QED) is 0.0210. The maximum Gasteiger partial charge on any atom is 0.343 e. The van der Waals surface area contributed by atoms with Gasteiger partial charge in [0.25, 0.3) is 5.56 Å². The molecule has 0 radical (unpaired) electrons. The Bertz CT molecular complexity index is 3160. The van der Waals surface area contributed by atoms with E-state index >= 15 is 4.39 Å². The van der Waals surface area contributed by atoms with Crippen molar-refractivity contribution in [2.24, 2.45) is 5.92 Å². The number of hydrogen-bond donors (Lipinski definition) is 7. The molecule has 2 aliphatic carbocycles. The molecule has 0 spiro atoms. The maximum absolute atomic E-state index is 15.5. The number of carbonyl (C=O) groups is 9. The molecule has 7 N–H and O–H groups in total. The van der Waals surface area contributed by atoms with Gasteiger partial charge in [0, 0.05) is 54.8 Å². The van der Waals surface area contributed by atoms with Crippen LogP contribution in [0.4, 0.5) is 4.39 Å². The standard InChI is InChI=1S/C55H62FN9O13/c1-3-55(76)35-21-40-49-33(26-65(40)53(74)34(35)27-77-54(55)75)48-37(16-15-32-29(2)36(56)22-38(62-49)47(32)48)63-52(73)50(31-13-14-31)78-28-60-43(68)24-59-51(72)39(20-30-10-6-4-7-11-30)61-44(69)25-58-42(67)23-57-41(66)12-8-5-9-19-64-45(70)17-18-46(64)71/h4,6-7,10-11,21-22,31,37,39,50,76H,3,5,8-9,12-20,23-28H2,1-2H3,(H,57,66)(H,58,67)(H,59,72)(H,60,68)(H,61,69)(H,63,73)/t37-,39-,50+,55-/m0/s1. The average molecular weight is 1080 g/mol. The van der Waals surface area contributed by atoms with Crippen LogP contribution in [0.1, 0.15) is 116 Å². The molecule has 78 heavy (non-hydrogen) atoms. The third kappa shape index (κ3) is 11.7. The number of nitrogens with one attached hydrogen (secondary N) is 6. The van der Waals surface area contributed by atoms with Gasteiger partial charge in [0.15, 0.2) is 5.60 Å². The largest absolute Gasteiger partial charge is 0.458 e. The molecule has 0 bridgehead atoms. The molecule has 1 saturated carbocycles. The number of aryl methyl sites for hydroxylation is 1. The van der Waals surface area contributed by atoms with Crippen molar-refractivity contribution in [3.8, 4) is 11.4 Å². The highest BCUT2D eigenvalue weighted by Gasteiger charge is 2.46. The highest BCUT2D eigenvalue weighted by molar-refractivity contribution is 6.02. The van der Waals surface area contributed by atoms with Crippen molar-refractivity contribution in [3.05, 3.63) is 97.6 Å². The molecule has 5 heterocycles.